The van der Waals surface area contributed by atoms with E-state index >= 15 is 0 Å². The molecule has 0 aromatic rings. The first kappa shape index (κ1) is 9.13. The molecule has 0 fully saturated rings. The molecule has 0 saturated carbocycles. The summed E-state index contributed by atoms with van der Waals surface area (Å²) < 4.78 is 0. The van der Waals surface area contributed by atoms with Gasteiger partial charge in [-0.25, -0.2) is 0 Å². The third-order valence-corrected chi connectivity index (χ3v) is 2.31. The average Bonchev–Trinajstić information content (AvgIpc) is 2.16. The molecule has 0 aliphatic heterocycles. The Hall–Kier alpha value is -0.960. The van der Waals surface area contributed by atoms with Crippen LogP contribution in [-0.4, -0.2) is 0 Å². The van der Waals surface area contributed by atoms with Gasteiger partial charge in [0.2, 0.25) is 0 Å². The average molecular weight is 160 g/mol. The highest BCUT2D eigenvalue weighted by atomic mass is 14.1. The summed E-state index contributed by atoms with van der Waals surface area (Å²) in [7, 11) is 0. The monoisotopic (exact) mass is 160 g/mol. The standard InChI is InChI=1S/C12H16/c1-3-11(4-2)10-12-8-6-5-7-9-12/h1,5-6,10,12H,4,7-9H2,2H3/b11-10-. The Bertz CT molecular complexity index is 225. The molecule has 1 atom stereocenters. The fourth-order valence-corrected chi connectivity index (χ4v) is 1.52. The quantitative estimate of drug-likeness (QED) is 0.429. The molecule has 1 unspecified atom stereocenters. The fourth-order valence-electron chi connectivity index (χ4n) is 1.52. The third kappa shape index (κ3) is 2.58. The lowest BCUT2D eigenvalue weighted by Crippen LogP contribution is -1.99. The second-order valence-electron chi connectivity index (χ2n) is 3.23. The van der Waals surface area contributed by atoms with Crippen molar-refractivity contribution in [2.45, 2.75) is 32.6 Å². The topological polar surface area (TPSA) is 0 Å². The summed E-state index contributed by atoms with van der Waals surface area (Å²) in [4.78, 5) is 0. The summed E-state index contributed by atoms with van der Waals surface area (Å²) >= 11 is 0. The van der Waals surface area contributed by atoms with Gasteiger partial charge in [-0.3, -0.25) is 0 Å². The molecule has 0 heterocycles. The molecule has 0 saturated heterocycles. The van der Waals surface area contributed by atoms with E-state index in [2.05, 4.69) is 31.1 Å². The lowest BCUT2D eigenvalue weighted by molar-refractivity contribution is 0.580. The predicted octanol–water partition coefficient (Wildman–Crippen LogP) is 3.31. The van der Waals surface area contributed by atoms with Crippen LogP contribution in [0.2, 0.25) is 0 Å². The number of hydrogen-bond donors (Lipinski definition) is 0. The van der Waals surface area contributed by atoms with E-state index in [-0.39, 0.29) is 0 Å². The minimum absolute atomic E-state index is 0.695. The van der Waals surface area contributed by atoms with Crippen LogP contribution in [-0.2, 0) is 0 Å². The Kier molecular flexibility index (Phi) is 3.67. The molecule has 0 radical (unpaired) electrons. The summed E-state index contributed by atoms with van der Waals surface area (Å²) in [5.74, 6) is 3.43. The molecule has 1 rings (SSSR count). The first-order valence-corrected chi connectivity index (χ1v) is 4.69. The summed E-state index contributed by atoms with van der Waals surface area (Å²) in [5, 5.41) is 0. The SMILES string of the molecule is C#C/C(=C/C1CC=CCC1)CC. The van der Waals surface area contributed by atoms with E-state index in [4.69, 9.17) is 6.42 Å². The van der Waals surface area contributed by atoms with Gasteiger partial charge < -0.3 is 0 Å². The molecule has 0 aromatic heterocycles. The molecule has 0 spiro atoms. The molecular weight excluding hydrogens is 144 g/mol. The van der Waals surface area contributed by atoms with Crippen molar-refractivity contribution in [3.63, 3.8) is 0 Å². The van der Waals surface area contributed by atoms with E-state index in [1.165, 1.54) is 19.3 Å². The van der Waals surface area contributed by atoms with Crippen molar-refractivity contribution >= 4 is 0 Å². The van der Waals surface area contributed by atoms with Gasteiger partial charge in [0, 0.05) is 0 Å². The van der Waals surface area contributed by atoms with Gasteiger partial charge in [-0.1, -0.05) is 31.1 Å². The van der Waals surface area contributed by atoms with Gasteiger partial charge in [-0.2, -0.15) is 0 Å². The van der Waals surface area contributed by atoms with Crippen LogP contribution in [0.3, 0.4) is 0 Å². The van der Waals surface area contributed by atoms with Gasteiger partial charge in [0.05, 0.1) is 0 Å². The molecule has 0 amide bonds. The van der Waals surface area contributed by atoms with Crippen molar-refractivity contribution in [2.24, 2.45) is 5.92 Å². The Labute approximate surface area is 75.4 Å². The van der Waals surface area contributed by atoms with E-state index in [1.807, 2.05) is 0 Å². The zero-order valence-electron chi connectivity index (χ0n) is 7.72. The van der Waals surface area contributed by atoms with Gasteiger partial charge in [0.15, 0.2) is 0 Å². The van der Waals surface area contributed by atoms with Crippen LogP contribution in [0.25, 0.3) is 0 Å². The Morgan fingerprint density at radius 1 is 1.67 bits per heavy atom. The maximum Gasteiger partial charge on any atom is -0.00221 e. The van der Waals surface area contributed by atoms with Crippen molar-refractivity contribution in [3.8, 4) is 12.3 Å². The van der Waals surface area contributed by atoms with Crippen LogP contribution < -0.4 is 0 Å². The molecule has 0 bridgehead atoms. The highest BCUT2D eigenvalue weighted by Gasteiger charge is 2.06. The zero-order valence-corrected chi connectivity index (χ0v) is 7.72. The molecule has 1 aliphatic carbocycles. The summed E-state index contributed by atoms with van der Waals surface area (Å²) in [6, 6.07) is 0. The number of allylic oxidation sites excluding steroid dienone is 4. The van der Waals surface area contributed by atoms with E-state index in [0.717, 1.165) is 12.0 Å². The predicted molar refractivity (Wildman–Crippen MR) is 53.7 cm³/mol. The van der Waals surface area contributed by atoms with Crippen LogP contribution >= 0.6 is 0 Å². The molecule has 1 aliphatic rings. The highest BCUT2D eigenvalue weighted by Crippen LogP contribution is 2.21. The number of terminal acetylenes is 1. The lowest BCUT2D eigenvalue weighted by Gasteiger charge is -2.13. The molecule has 0 N–H and O–H groups in total. The van der Waals surface area contributed by atoms with Crippen LogP contribution in [0.1, 0.15) is 32.6 Å². The Morgan fingerprint density at radius 2 is 2.50 bits per heavy atom. The smallest absolute Gasteiger partial charge is 0.00221 e. The molecule has 12 heavy (non-hydrogen) atoms. The minimum Gasteiger partial charge on any atom is -0.115 e. The third-order valence-electron chi connectivity index (χ3n) is 2.31. The van der Waals surface area contributed by atoms with Crippen molar-refractivity contribution in [1.29, 1.82) is 0 Å². The van der Waals surface area contributed by atoms with Gasteiger partial charge in [0.25, 0.3) is 0 Å². The first-order chi connectivity index (χ1) is 5.86. The van der Waals surface area contributed by atoms with Crippen LogP contribution in [0.5, 0.6) is 0 Å². The molecular formula is C12H16. The van der Waals surface area contributed by atoms with E-state index in [1.54, 1.807) is 0 Å². The number of rotatable bonds is 2. The minimum atomic E-state index is 0.695. The second kappa shape index (κ2) is 4.83. The number of hydrogen-bond acceptors (Lipinski definition) is 0. The molecule has 0 nitrogen and oxygen atoms in total. The van der Waals surface area contributed by atoms with Crippen LogP contribution in [0, 0.1) is 18.3 Å². The summed E-state index contributed by atoms with van der Waals surface area (Å²) in [6.45, 7) is 2.12. The van der Waals surface area contributed by atoms with E-state index in [9.17, 15) is 0 Å². The summed E-state index contributed by atoms with van der Waals surface area (Å²) in [5.41, 5.74) is 1.16. The Balaban J connectivity index is 2.54. The van der Waals surface area contributed by atoms with Gasteiger partial charge in [0.1, 0.15) is 0 Å². The Morgan fingerprint density at radius 3 is 3.00 bits per heavy atom. The summed E-state index contributed by atoms with van der Waals surface area (Å²) in [6.07, 6.45) is 16.8. The van der Waals surface area contributed by atoms with E-state index < -0.39 is 0 Å². The lowest BCUT2D eigenvalue weighted by atomic mass is 9.92. The van der Waals surface area contributed by atoms with Crippen molar-refractivity contribution in [2.75, 3.05) is 0 Å². The first-order valence-electron chi connectivity index (χ1n) is 4.69. The molecule has 0 aromatic carbocycles. The second-order valence-corrected chi connectivity index (χ2v) is 3.23. The van der Waals surface area contributed by atoms with Gasteiger partial charge in [-0.15, -0.1) is 6.42 Å². The fraction of sp³-hybridized carbons (Fsp3) is 0.500. The van der Waals surface area contributed by atoms with Crippen LogP contribution in [0.4, 0.5) is 0 Å². The van der Waals surface area contributed by atoms with Gasteiger partial charge >= 0.3 is 0 Å². The van der Waals surface area contributed by atoms with Crippen molar-refractivity contribution in [3.05, 3.63) is 23.8 Å². The normalized spacial score (nSPS) is 23.7. The zero-order chi connectivity index (χ0) is 8.81. The van der Waals surface area contributed by atoms with Crippen molar-refractivity contribution < 1.29 is 0 Å². The highest BCUT2D eigenvalue weighted by molar-refractivity contribution is 5.25. The van der Waals surface area contributed by atoms with Gasteiger partial charge in [-0.05, 0) is 37.2 Å². The maximum absolute atomic E-state index is 5.36. The molecule has 64 valence electrons. The maximum atomic E-state index is 5.36. The molecule has 0 heteroatoms. The van der Waals surface area contributed by atoms with E-state index in [0.29, 0.717) is 5.92 Å². The van der Waals surface area contributed by atoms with Crippen LogP contribution in [0.15, 0.2) is 23.8 Å². The van der Waals surface area contributed by atoms with Crippen molar-refractivity contribution in [1.82, 2.24) is 0 Å². The largest absolute Gasteiger partial charge is 0.115 e.